The average Bonchev–Trinajstić information content (AvgIpc) is 3.23. The molecule has 240 valence electrons. The van der Waals surface area contributed by atoms with Gasteiger partial charge in [0.25, 0.3) is 11.5 Å². The number of alkyl halides is 1. The SMILES string of the molecule is CCc1cn([C@@H]2O[C@@H](CNC(=O)[C@@H](C)Oc3c(Cl)cc(Cl)c(OC)c3Cl)[C@H](OC(=O)[C@H](N)C(C)C)[C@@H]2F)c(=O)[nH]c1=O.Cl. The highest BCUT2D eigenvalue weighted by Crippen LogP contribution is 2.45. The van der Waals surface area contributed by atoms with Crippen LogP contribution in [-0.4, -0.2) is 65.6 Å². The molecule has 1 aliphatic rings. The Hall–Kier alpha value is -2.55. The largest absolute Gasteiger partial charge is 0.493 e. The van der Waals surface area contributed by atoms with Gasteiger partial charge in [0.2, 0.25) is 0 Å². The number of rotatable bonds is 11. The number of aromatic nitrogens is 2. The molecule has 43 heavy (non-hydrogen) atoms. The minimum atomic E-state index is -2.06. The van der Waals surface area contributed by atoms with E-state index < -0.39 is 59.9 Å². The summed E-state index contributed by atoms with van der Waals surface area (Å²) in [4.78, 5) is 52.2. The normalized spacial score (nSPS) is 21.1. The summed E-state index contributed by atoms with van der Waals surface area (Å²) in [7, 11) is 1.34. The maximum atomic E-state index is 15.8. The number of nitrogens with two attached hydrogens (primary N) is 1. The van der Waals surface area contributed by atoms with E-state index in [1.165, 1.54) is 26.3 Å². The second-order valence-electron chi connectivity index (χ2n) is 9.88. The molecule has 0 aliphatic carbocycles. The summed E-state index contributed by atoms with van der Waals surface area (Å²) >= 11 is 18.5. The van der Waals surface area contributed by atoms with Crippen LogP contribution in [-0.2, 0) is 25.5 Å². The topological polar surface area (TPSA) is 164 Å². The fourth-order valence-corrected chi connectivity index (χ4v) is 5.11. The highest BCUT2D eigenvalue weighted by atomic mass is 35.5. The molecule has 17 heteroatoms. The quantitative estimate of drug-likeness (QED) is 0.301. The lowest BCUT2D eigenvalue weighted by atomic mass is 10.1. The standard InChI is InChI=1S/C26H32Cl3FN4O8.ClH/c1-6-12-9-34(26(38)33-23(12)36)24-17(30)21(42-25(37)18(31)10(2)3)15(41-24)8-32-22(35)11(4)40-20-14(28)7-13(27)19(39-5)16(20)29;/h7,9-11,15,17-18,21,24H,6,8,31H2,1-5H3,(H,32,35)(H,33,36,38);1H/t11-,15+,17+,18-,21+,24-;/m1./s1. The smallest absolute Gasteiger partial charge is 0.330 e. The molecule has 1 aromatic heterocycles. The molecule has 4 N–H and O–H groups in total. The third kappa shape index (κ3) is 8.14. The van der Waals surface area contributed by atoms with Crippen LogP contribution in [0.2, 0.25) is 15.1 Å². The zero-order valence-electron chi connectivity index (χ0n) is 23.8. The van der Waals surface area contributed by atoms with Crippen molar-refractivity contribution in [2.24, 2.45) is 11.7 Å². The molecule has 2 heterocycles. The van der Waals surface area contributed by atoms with Crippen molar-refractivity contribution in [1.82, 2.24) is 14.9 Å². The van der Waals surface area contributed by atoms with Gasteiger partial charge in [-0.2, -0.15) is 0 Å². The van der Waals surface area contributed by atoms with E-state index >= 15 is 4.39 Å². The van der Waals surface area contributed by atoms with E-state index in [-0.39, 0.29) is 63.4 Å². The van der Waals surface area contributed by atoms with Gasteiger partial charge in [-0.3, -0.25) is 23.9 Å². The number of aryl methyl sites for hydroxylation is 1. The van der Waals surface area contributed by atoms with Crippen LogP contribution in [0.15, 0.2) is 21.9 Å². The highest BCUT2D eigenvalue weighted by Gasteiger charge is 2.49. The van der Waals surface area contributed by atoms with Crippen LogP contribution in [0.1, 0.15) is 39.5 Å². The Labute approximate surface area is 267 Å². The second-order valence-corrected chi connectivity index (χ2v) is 11.1. The summed E-state index contributed by atoms with van der Waals surface area (Å²) in [5.41, 5.74) is 4.55. The maximum absolute atomic E-state index is 15.8. The molecule has 1 saturated heterocycles. The fourth-order valence-electron chi connectivity index (χ4n) is 4.10. The number of methoxy groups -OCH3 is 1. The lowest BCUT2D eigenvalue weighted by Gasteiger charge is -2.24. The molecular weight excluding hydrogens is 657 g/mol. The van der Waals surface area contributed by atoms with Crippen LogP contribution >= 0.6 is 47.2 Å². The van der Waals surface area contributed by atoms with Crippen LogP contribution in [0.4, 0.5) is 4.39 Å². The van der Waals surface area contributed by atoms with Gasteiger partial charge in [0.1, 0.15) is 17.2 Å². The van der Waals surface area contributed by atoms with Gasteiger partial charge >= 0.3 is 11.7 Å². The lowest BCUT2D eigenvalue weighted by molar-refractivity contribution is -0.156. The molecular formula is C26H33Cl4FN4O8. The van der Waals surface area contributed by atoms with E-state index in [2.05, 4.69) is 10.3 Å². The number of carbonyl (C=O) groups excluding carboxylic acids is 2. The number of nitrogens with one attached hydrogen (secondary N) is 2. The van der Waals surface area contributed by atoms with E-state index in [0.29, 0.717) is 0 Å². The summed E-state index contributed by atoms with van der Waals surface area (Å²) in [5.74, 6) is -1.85. The van der Waals surface area contributed by atoms with Gasteiger partial charge in [-0.25, -0.2) is 9.18 Å². The van der Waals surface area contributed by atoms with Gasteiger partial charge in [-0.1, -0.05) is 55.6 Å². The Morgan fingerprint density at radius 1 is 1.19 bits per heavy atom. The first-order valence-corrected chi connectivity index (χ1v) is 14.1. The molecule has 0 bridgehead atoms. The average molecular weight is 690 g/mol. The number of hydrogen-bond acceptors (Lipinski definition) is 9. The minimum absolute atomic E-state index is 0. The van der Waals surface area contributed by atoms with Gasteiger partial charge in [-0.05, 0) is 25.3 Å². The minimum Gasteiger partial charge on any atom is -0.493 e. The van der Waals surface area contributed by atoms with Crippen LogP contribution < -0.4 is 31.8 Å². The summed E-state index contributed by atoms with van der Waals surface area (Å²) < 4.78 is 38.7. The van der Waals surface area contributed by atoms with Crippen molar-refractivity contribution in [3.05, 3.63) is 53.7 Å². The van der Waals surface area contributed by atoms with Crippen LogP contribution in [0.25, 0.3) is 0 Å². The zero-order chi connectivity index (χ0) is 31.5. The number of aromatic amines is 1. The van der Waals surface area contributed by atoms with Gasteiger partial charge in [0, 0.05) is 18.3 Å². The molecule has 6 atom stereocenters. The van der Waals surface area contributed by atoms with Gasteiger partial charge < -0.3 is 30.0 Å². The Kier molecular flexibility index (Phi) is 13.2. The Morgan fingerprint density at radius 3 is 2.40 bits per heavy atom. The third-order valence-electron chi connectivity index (χ3n) is 6.64. The first kappa shape index (κ1) is 36.6. The number of hydrogen-bond donors (Lipinski definition) is 3. The molecule has 1 amide bonds. The number of amides is 1. The summed E-state index contributed by atoms with van der Waals surface area (Å²) in [6, 6.07) is 0.277. The molecule has 0 saturated carbocycles. The van der Waals surface area contributed by atoms with Crippen molar-refractivity contribution in [1.29, 1.82) is 0 Å². The molecule has 2 aromatic rings. The molecule has 0 spiro atoms. The number of benzene rings is 1. The number of H-pyrrole nitrogens is 1. The van der Waals surface area contributed by atoms with Crippen molar-refractivity contribution in [3.8, 4) is 11.5 Å². The number of carbonyl (C=O) groups is 2. The summed E-state index contributed by atoms with van der Waals surface area (Å²) in [5, 5.41) is 2.66. The van der Waals surface area contributed by atoms with Crippen molar-refractivity contribution in [2.75, 3.05) is 13.7 Å². The monoisotopic (exact) mass is 688 g/mol. The van der Waals surface area contributed by atoms with Crippen LogP contribution in [0.3, 0.4) is 0 Å². The molecule has 1 aliphatic heterocycles. The Balaban J connectivity index is 0.00000645. The van der Waals surface area contributed by atoms with Crippen molar-refractivity contribution in [2.45, 2.75) is 70.9 Å². The molecule has 0 radical (unpaired) electrons. The van der Waals surface area contributed by atoms with E-state index in [1.807, 2.05) is 0 Å². The van der Waals surface area contributed by atoms with Gasteiger partial charge in [0.05, 0.1) is 17.2 Å². The molecule has 1 fully saturated rings. The van der Waals surface area contributed by atoms with E-state index in [1.54, 1.807) is 20.8 Å². The van der Waals surface area contributed by atoms with Crippen molar-refractivity contribution < 1.29 is 32.9 Å². The number of halogens is 5. The van der Waals surface area contributed by atoms with E-state index in [4.69, 9.17) is 59.5 Å². The maximum Gasteiger partial charge on any atom is 0.330 e. The predicted molar refractivity (Wildman–Crippen MR) is 161 cm³/mol. The van der Waals surface area contributed by atoms with Gasteiger partial charge in [-0.15, -0.1) is 12.4 Å². The number of ether oxygens (including phenoxy) is 4. The number of esters is 1. The third-order valence-corrected chi connectivity index (χ3v) is 7.54. The van der Waals surface area contributed by atoms with E-state index in [9.17, 15) is 19.2 Å². The van der Waals surface area contributed by atoms with E-state index in [0.717, 1.165) is 4.57 Å². The first-order valence-electron chi connectivity index (χ1n) is 13.0. The Morgan fingerprint density at radius 2 is 1.81 bits per heavy atom. The fraction of sp³-hybridized carbons (Fsp3) is 0.538. The summed E-state index contributed by atoms with van der Waals surface area (Å²) in [6.07, 6.45) is -6.19. The predicted octanol–water partition coefficient (Wildman–Crippen LogP) is 3.20. The highest BCUT2D eigenvalue weighted by molar-refractivity contribution is 6.42. The molecule has 1 aromatic carbocycles. The zero-order valence-corrected chi connectivity index (χ0v) is 26.9. The first-order chi connectivity index (χ1) is 19.7. The van der Waals surface area contributed by atoms with Crippen LogP contribution in [0, 0.1) is 5.92 Å². The number of nitrogens with zero attached hydrogens (tertiary/aromatic N) is 1. The molecule has 0 unspecified atom stereocenters. The molecule has 3 rings (SSSR count). The van der Waals surface area contributed by atoms with Crippen molar-refractivity contribution in [3.63, 3.8) is 0 Å². The molecule has 12 nitrogen and oxygen atoms in total. The van der Waals surface area contributed by atoms with Gasteiger partial charge in [0.15, 0.2) is 36.1 Å². The summed E-state index contributed by atoms with van der Waals surface area (Å²) in [6.45, 7) is 6.11. The second kappa shape index (κ2) is 15.4. The Bertz CT molecular complexity index is 1440. The van der Waals surface area contributed by atoms with Crippen LogP contribution in [0.5, 0.6) is 11.5 Å². The van der Waals surface area contributed by atoms with Crippen molar-refractivity contribution >= 4 is 59.1 Å². The lowest BCUT2D eigenvalue weighted by Crippen LogP contribution is -2.47.